The molecule has 2 amide bonds. The van der Waals surface area contributed by atoms with Crippen LogP contribution in [0.2, 0.25) is 5.02 Å². The number of carbonyl (C=O) groups is 2. The summed E-state index contributed by atoms with van der Waals surface area (Å²) in [4.78, 5) is 33.3. The molecule has 9 heteroatoms. The van der Waals surface area contributed by atoms with Crippen molar-refractivity contribution >= 4 is 52.5 Å². The highest BCUT2D eigenvalue weighted by Gasteiger charge is 2.26. The molecule has 2 N–H and O–H groups in total. The quantitative estimate of drug-likeness (QED) is 0.281. The van der Waals surface area contributed by atoms with E-state index in [0.29, 0.717) is 5.56 Å². The lowest BCUT2D eigenvalue weighted by Gasteiger charge is -2.16. The van der Waals surface area contributed by atoms with Crippen LogP contribution in [0.3, 0.4) is 0 Å². The van der Waals surface area contributed by atoms with Gasteiger partial charge in [-0.3, -0.25) is 30.3 Å². The van der Waals surface area contributed by atoms with E-state index in [2.05, 4.69) is 22.9 Å². The van der Waals surface area contributed by atoms with Crippen LogP contribution in [-0.4, -0.2) is 21.9 Å². The summed E-state index contributed by atoms with van der Waals surface area (Å²) in [6.45, 7) is 0. The van der Waals surface area contributed by atoms with Crippen LogP contribution >= 0.6 is 23.8 Å². The minimum Gasteiger partial charge on any atom is -0.299 e. The van der Waals surface area contributed by atoms with Gasteiger partial charge in [0.25, 0.3) is 17.5 Å². The number of carbonyl (C=O) groups excluding carboxylic acids is 2. The van der Waals surface area contributed by atoms with Crippen molar-refractivity contribution in [3.8, 4) is 0 Å². The van der Waals surface area contributed by atoms with Gasteiger partial charge in [-0.1, -0.05) is 17.7 Å². The predicted octanol–water partition coefficient (Wildman–Crippen LogP) is 1.16. The number of nitro benzene ring substituents is 1. The summed E-state index contributed by atoms with van der Waals surface area (Å²) in [6, 6.07) is 3.94. The summed E-state index contributed by atoms with van der Waals surface area (Å²) in [7, 11) is 0. The molecule has 102 valence electrons. The molecular formula is C11H6ClN3O4S. The molecule has 1 aromatic carbocycles. The Balaban J connectivity index is 2.42. The molecule has 1 saturated heterocycles. The normalized spacial score (nSPS) is 14.7. The average molecular weight is 312 g/mol. The van der Waals surface area contributed by atoms with E-state index in [-0.39, 0.29) is 21.4 Å². The Morgan fingerprint density at radius 3 is 2.40 bits per heavy atom. The number of rotatable bonds is 2. The molecule has 1 aromatic rings. The minimum atomic E-state index is -0.670. The maximum absolute atomic E-state index is 11.6. The van der Waals surface area contributed by atoms with E-state index in [0.717, 1.165) is 0 Å². The molecule has 0 unspecified atom stereocenters. The topological polar surface area (TPSA) is 101 Å². The van der Waals surface area contributed by atoms with Crippen LogP contribution in [0.1, 0.15) is 5.56 Å². The zero-order valence-corrected chi connectivity index (χ0v) is 11.2. The summed E-state index contributed by atoms with van der Waals surface area (Å²) in [6.07, 6.45) is 1.22. The molecule has 0 aliphatic carbocycles. The summed E-state index contributed by atoms with van der Waals surface area (Å²) in [5, 5.41) is 15.2. The van der Waals surface area contributed by atoms with E-state index >= 15 is 0 Å². The van der Waals surface area contributed by atoms with Gasteiger partial charge in [0.2, 0.25) is 0 Å². The SMILES string of the molecule is O=C1NC(=S)NC(=O)C1=Cc1ccc(Cl)c([N+](=O)[O-])c1. The standard InChI is InChI=1S/C11H6ClN3O4S/c12-7-2-1-5(4-8(7)15(18)19)3-6-9(16)13-11(20)14-10(6)17/h1-4H,(H2,13,14,16,17,20). The molecule has 0 radical (unpaired) electrons. The second-order valence-electron chi connectivity index (χ2n) is 3.76. The van der Waals surface area contributed by atoms with E-state index in [4.69, 9.17) is 11.6 Å². The number of thiocarbonyl (C=S) groups is 1. The Hall–Kier alpha value is -2.32. The Morgan fingerprint density at radius 2 is 1.85 bits per heavy atom. The molecule has 20 heavy (non-hydrogen) atoms. The van der Waals surface area contributed by atoms with Crippen molar-refractivity contribution in [3.63, 3.8) is 0 Å². The monoisotopic (exact) mass is 311 g/mol. The second kappa shape index (κ2) is 5.35. The summed E-state index contributed by atoms with van der Waals surface area (Å²) >= 11 is 10.3. The fourth-order valence-electron chi connectivity index (χ4n) is 1.53. The molecule has 0 saturated carbocycles. The highest BCUT2D eigenvalue weighted by molar-refractivity contribution is 7.80. The van der Waals surface area contributed by atoms with E-state index in [1.54, 1.807) is 0 Å². The molecule has 1 heterocycles. The third-order valence-electron chi connectivity index (χ3n) is 2.42. The first-order chi connectivity index (χ1) is 9.38. The van der Waals surface area contributed by atoms with Crippen molar-refractivity contribution < 1.29 is 14.5 Å². The van der Waals surface area contributed by atoms with Crippen LogP contribution in [0.5, 0.6) is 0 Å². The van der Waals surface area contributed by atoms with Crippen LogP contribution in [0.25, 0.3) is 6.08 Å². The first kappa shape index (κ1) is 14.1. The van der Waals surface area contributed by atoms with Gasteiger partial charge in [0.05, 0.1) is 4.92 Å². The van der Waals surface area contributed by atoms with Gasteiger partial charge in [-0.15, -0.1) is 0 Å². The zero-order valence-electron chi connectivity index (χ0n) is 9.68. The van der Waals surface area contributed by atoms with Crippen molar-refractivity contribution in [2.45, 2.75) is 0 Å². The van der Waals surface area contributed by atoms with Crippen LogP contribution in [0.15, 0.2) is 23.8 Å². The second-order valence-corrected chi connectivity index (χ2v) is 4.58. The summed E-state index contributed by atoms with van der Waals surface area (Å²) in [5.41, 5.74) is -0.211. The number of nitrogens with zero attached hydrogens (tertiary/aromatic N) is 1. The van der Waals surface area contributed by atoms with Crippen LogP contribution in [-0.2, 0) is 9.59 Å². The molecule has 7 nitrogen and oxygen atoms in total. The maximum Gasteiger partial charge on any atom is 0.288 e. The zero-order chi connectivity index (χ0) is 14.9. The van der Waals surface area contributed by atoms with Gasteiger partial charge in [0, 0.05) is 6.07 Å². The lowest BCUT2D eigenvalue weighted by atomic mass is 10.1. The van der Waals surface area contributed by atoms with Gasteiger partial charge in [0.15, 0.2) is 5.11 Å². The number of hydrogen-bond donors (Lipinski definition) is 2. The van der Waals surface area contributed by atoms with Crippen molar-refractivity contribution in [1.82, 2.24) is 10.6 Å². The summed E-state index contributed by atoms with van der Waals surface area (Å²) < 4.78 is 0. The number of nitro groups is 1. The number of nitrogens with one attached hydrogen (secondary N) is 2. The highest BCUT2D eigenvalue weighted by atomic mass is 35.5. The van der Waals surface area contributed by atoms with Crippen molar-refractivity contribution in [1.29, 1.82) is 0 Å². The van der Waals surface area contributed by atoms with E-state index in [1.807, 2.05) is 0 Å². The molecule has 1 aliphatic heterocycles. The van der Waals surface area contributed by atoms with E-state index in [1.165, 1.54) is 24.3 Å². The van der Waals surface area contributed by atoms with Gasteiger partial charge < -0.3 is 0 Å². The minimum absolute atomic E-state index is 0.0316. The third-order valence-corrected chi connectivity index (χ3v) is 2.95. The molecule has 0 bridgehead atoms. The molecule has 0 spiro atoms. The van der Waals surface area contributed by atoms with Gasteiger partial charge >= 0.3 is 0 Å². The predicted molar refractivity (Wildman–Crippen MR) is 75.0 cm³/mol. The smallest absolute Gasteiger partial charge is 0.288 e. The Bertz CT molecular complexity index is 664. The largest absolute Gasteiger partial charge is 0.299 e. The Kier molecular flexibility index (Phi) is 3.77. The highest BCUT2D eigenvalue weighted by Crippen LogP contribution is 2.26. The number of hydrogen-bond acceptors (Lipinski definition) is 5. The Labute approximate surface area is 122 Å². The number of amides is 2. The van der Waals surface area contributed by atoms with Crippen molar-refractivity contribution in [3.05, 3.63) is 44.5 Å². The van der Waals surface area contributed by atoms with Crippen molar-refractivity contribution in [2.75, 3.05) is 0 Å². The lowest BCUT2D eigenvalue weighted by molar-refractivity contribution is -0.384. The fraction of sp³-hybridized carbons (Fsp3) is 0. The van der Waals surface area contributed by atoms with Crippen molar-refractivity contribution in [2.24, 2.45) is 0 Å². The first-order valence-corrected chi connectivity index (χ1v) is 5.99. The molecule has 1 fully saturated rings. The van der Waals surface area contributed by atoms with Crippen LogP contribution in [0, 0.1) is 10.1 Å². The maximum atomic E-state index is 11.6. The number of benzene rings is 1. The van der Waals surface area contributed by atoms with Gasteiger partial charge in [0.1, 0.15) is 10.6 Å². The molecule has 0 atom stereocenters. The third kappa shape index (κ3) is 2.81. The van der Waals surface area contributed by atoms with Gasteiger partial charge in [-0.05, 0) is 29.9 Å². The van der Waals surface area contributed by atoms with E-state index < -0.39 is 16.7 Å². The van der Waals surface area contributed by atoms with E-state index in [9.17, 15) is 19.7 Å². The average Bonchev–Trinajstić information content (AvgIpc) is 2.35. The van der Waals surface area contributed by atoms with Gasteiger partial charge in [-0.25, -0.2) is 0 Å². The Morgan fingerprint density at radius 1 is 1.25 bits per heavy atom. The lowest BCUT2D eigenvalue weighted by Crippen LogP contribution is -2.51. The molecule has 2 rings (SSSR count). The van der Waals surface area contributed by atoms with Crippen LogP contribution < -0.4 is 10.6 Å². The molecule has 0 aromatic heterocycles. The number of halogens is 1. The van der Waals surface area contributed by atoms with Gasteiger partial charge in [-0.2, -0.15) is 0 Å². The summed E-state index contributed by atoms with van der Waals surface area (Å²) in [5.74, 6) is -1.34. The molecular weight excluding hydrogens is 306 g/mol. The fourth-order valence-corrected chi connectivity index (χ4v) is 1.90. The first-order valence-electron chi connectivity index (χ1n) is 5.21. The molecule has 1 aliphatic rings. The van der Waals surface area contributed by atoms with Crippen LogP contribution in [0.4, 0.5) is 5.69 Å².